The smallest absolute Gasteiger partial charge is 0.254 e. The molecule has 140 valence electrons. The molecule has 1 aliphatic heterocycles. The molecule has 1 saturated heterocycles. The van der Waals surface area contributed by atoms with Crippen LogP contribution in [0.3, 0.4) is 0 Å². The molecule has 1 fully saturated rings. The monoisotopic (exact) mass is 369 g/mol. The van der Waals surface area contributed by atoms with E-state index in [9.17, 15) is 13.2 Å². The standard InChI is InChI=1S/C17H27N3O4S/c1-13(18)16-5-3-4-11-20(16)17(21)14-6-8-15(9-7-14)25(22,23)19-10-12-24-2/h6-9,13,16,19H,3-5,10-12,18H2,1-2H3. The molecular formula is C17H27N3O4S. The van der Waals surface area contributed by atoms with Crippen molar-refractivity contribution in [1.82, 2.24) is 9.62 Å². The molecule has 0 bridgehead atoms. The van der Waals surface area contributed by atoms with Gasteiger partial charge in [-0.1, -0.05) is 0 Å². The minimum atomic E-state index is -3.60. The summed E-state index contributed by atoms with van der Waals surface area (Å²) in [5.74, 6) is -0.0988. The van der Waals surface area contributed by atoms with Gasteiger partial charge < -0.3 is 15.4 Å². The fraction of sp³-hybridized carbons (Fsp3) is 0.588. The van der Waals surface area contributed by atoms with Crippen LogP contribution in [0, 0.1) is 0 Å². The lowest BCUT2D eigenvalue weighted by Crippen LogP contribution is -2.51. The highest BCUT2D eigenvalue weighted by Crippen LogP contribution is 2.22. The van der Waals surface area contributed by atoms with Gasteiger partial charge in [0, 0.05) is 37.8 Å². The number of methoxy groups -OCH3 is 1. The van der Waals surface area contributed by atoms with Crippen molar-refractivity contribution in [3.63, 3.8) is 0 Å². The third-order valence-corrected chi connectivity index (χ3v) is 5.90. The fourth-order valence-electron chi connectivity index (χ4n) is 3.06. The van der Waals surface area contributed by atoms with Crippen LogP contribution in [0.5, 0.6) is 0 Å². The molecule has 1 heterocycles. The van der Waals surface area contributed by atoms with Gasteiger partial charge in [0.1, 0.15) is 0 Å². The van der Waals surface area contributed by atoms with Crippen LogP contribution in [0.4, 0.5) is 0 Å². The van der Waals surface area contributed by atoms with E-state index in [4.69, 9.17) is 10.5 Å². The Hall–Kier alpha value is -1.48. The first-order chi connectivity index (χ1) is 11.9. The van der Waals surface area contributed by atoms with Crippen LogP contribution in [0.25, 0.3) is 0 Å². The summed E-state index contributed by atoms with van der Waals surface area (Å²) in [6.07, 6.45) is 2.93. The Morgan fingerprint density at radius 2 is 2.04 bits per heavy atom. The second kappa shape index (κ2) is 8.75. The fourth-order valence-corrected chi connectivity index (χ4v) is 4.07. The molecule has 1 amide bonds. The second-order valence-electron chi connectivity index (χ2n) is 6.34. The third kappa shape index (κ3) is 5.01. The van der Waals surface area contributed by atoms with Crippen LogP contribution in [-0.2, 0) is 14.8 Å². The molecule has 25 heavy (non-hydrogen) atoms. The van der Waals surface area contributed by atoms with Gasteiger partial charge >= 0.3 is 0 Å². The van der Waals surface area contributed by atoms with E-state index in [2.05, 4.69) is 4.72 Å². The zero-order valence-electron chi connectivity index (χ0n) is 14.8. The summed E-state index contributed by atoms with van der Waals surface area (Å²) >= 11 is 0. The highest BCUT2D eigenvalue weighted by Gasteiger charge is 2.29. The first-order valence-corrected chi connectivity index (χ1v) is 10.0. The molecule has 3 N–H and O–H groups in total. The van der Waals surface area contributed by atoms with Crippen molar-refractivity contribution in [3.8, 4) is 0 Å². The predicted molar refractivity (Wildman–Crippen MR) is 95.8 cm³/mol. The Morgan fingerprint density at radius 1 is 1.36 bits per heavy atom. The van der Waals surface area contributed by atoms with Gasteiger partial charge in [-0.2, -0.15) is 0 Å². The van der Waals surface area contributed by atoms with Gasteiger partial charge in [-0.25, -0.2) is 13.1 Å². The number of nitrogens with zero attached hydrogens (tertiary/aromatic N) is 1. The van der Waals surface area contributed by atoms with E-state index in [0.717, 1.165) is 19.3 Å². The van der Waals surface area contributed by atoms with Gasteiger partial charge in [0.25, 0.3) is 5.91 Å². The van der Waals surface area contributed by atoms with Crippen LogP contribution in [0.15, 0.2) is 29.2 Å². The van der Waals surface area contributed by atoms with Crippen molar-refractivity contribution in [2.24, 2.45) is 5.73 Å². The van der Waals surface area contributed by atoms with E-state index in [-0.39, 0.29) is 29.4 Å². The maximum absolute atomic E-state index is 12.8. The van der Waals surface area contributed by atoms with Gasteiger partial charge in [0.05, 0.1) is 11.5 Å². The minimum Gasteiger partial charge on any atom is -0.383 e. The molecule has 2 rings (SSSR count). The Balaban J connectivity index is 2.12. The Kier molecular flexibility index (Phi) is 6.95. The van der Waals surface area contributed by atoms with Crippen molar-refractivity contribution >= 4 is 15.9 Å². The van der Waals surface area contributed by atoms with Gasteiger partial charge in [0.15, 0.2) is 0 Å². The summed E-state index contributed by atoms with van der Waals surface area (Å²) in [5, 5.41) is 0. The molecule has 8 heteroatoms. The molecule has 0 aliphatic carbocycles. The zero-order valence-corrected chi connectivity index (χ0v) is 15.6. The number of carbonyl (C=O) groups is 1. The molecule has 0 aromatic heterocycles. The summed E-state index contributed by atoms with van der Waals surface area (Å²) in [5.41, 5.74) is 6.50. The number of hydrogen-bond acceptors (Lipinski definition) is 5. The Morgan fingerprint density at radius 3 is 2.64 bits per heavy atom. The number of piperidine rings is 1. The number of likely N-dealkylation sites (tertiary alicyclic amines) is 1. The SMILES string of the molecule is COCCNS(=O)(=O)c1ccc(C(=O)N2CCCCC2C(C)N)cc1. The maximum atomic E-state index is 12.8. The van der Waals surface area contributed by atoms with Gasteiger partial charge in [-0.3, -0.25) is 4.79 Å². The Bertz CT molecular complexity index is 674. The lowest BCUT2D eigenvalue weighted by Gasteiger charge is -2.38. The maximum Gasteiger partial charge on any atom is 0.254 e. The molecule has 7 nitrogen and oxygen atoms in total. The number of benzene rings is 1. The number of rotatable bonds is 7. The molecule has 0 radical (unpaired) electrons. The lowest BCUT2D eigenvalue weighted by molar-refractivity contribution is 0.0583. The van der Waals surface area contributed by atoms with Crippen molar-refractivity contribution in [2.45, 2.75) is 43.2 Å². The normalized spacial score (nSPS) is 19.6. The van der Waals surface area contributed by atoms with E-state index in [1.807, 2.05) is 11.8 Å². The Labute approximate surface area is 149 Å². The summed E-state index contributed by atoms with van der Waals surface area (Å²) in [7, 11) is -2.09. The average Bonchev–Trinajstić information content (AvgIpc) is 2.61. The van der Waals surface area contributed by atoms with Crippen molar-refractivity contribution in [1.29, 1.82) is 0 Å². The van der Waals surface area contributed by atoms with E-state index in [1.165, 1.54) is 19.2 Å². The molecule has 1 aliphatic rings. The first-order valence-electron chi connectivity index (χ1n) is 8.52. The van der Waals surface area contributed by atoms with Crippen LogP contribution in [0.1, 0.15) is 36.5 Å². The predicted octanol–water partition coefficient (Wildman–Crippen LogP) is 0.953. The number of nitrogens with two attached hydrogens (primary N) is 1. The summed E-state index contributed by atoms with van der Waals surface area (Å²) in [6, 6.07) is 5.95. The highest BCUT2D eigenvalue weighted by molar-refractivity contribution is 7.89. The molecular weight excluding hydrogens is 342 g/mol. The zero-order chi connectivity index (χ0) is 18.4. The number of nitrogens with one attached hydrogen (secondary N) is 1. The lowest BCUT2D eigenvalue weighted by atomic mass is 9.96. The highest BCUT2D eigenvalue weighted by atomic mass is 32.2. The molecule has 2 unspecified atom stereocenters. The largest absolute Gasteiger partial charge is 0.383 e. The first kappa shape index (κ1) is 19.8. The third-order valence-electron chi connectivity index (χ3n) is 4.43. The number of ether oxygens (including phenoxy) is 1. The quantitative estimate of drug-likeness (QED) is 0.697. The van der Waals surface area contributed by atoms with Crippen LogP contribution in [-0.4, -0.2) is 58.1 Å². The number of hydrogen-bond donors (Lipinski definition) is 2. The van der Waals surface area contributed by atoms with Crippen LogP contribution < -0.4 is 10.5 Å². The molecule has 1 aromatic carbocycles. The van der Waals surface area contributed by atoms with Gasteiger partial charge in [-0.15, -0.1) is 0 Å². The van der Waals surface area contributed by atoms with Gasteiger partial charge in [0.2, 0.25) is 10.0 Å². The van der Waals surface area contributed by atoms with E-state index in [1.54, 1.807) is 12.1 Å². The summed E-state index contributed by atoms with van der Waals surface area (Å²) in [4.78, 5) is 14.7. The summed E-state index contributed by atoms with van der Waals surface area (Å²) in [6.45, 7) is 3.09. The van der Waals surface area contributed by atoms with Gasteiger partial charge in [-0.05, 0) is 50.5 Å². The van der Waals surface area contributed by atoms with Crippen LogP contribution >= 0.6 is 0 Å². The molecule has 0 spiro atoms. The van der Waals surface area contributed by atoms with Crippen molar-refractivity contribution in [3.05, 3.63) is 29.8 Å². The van der Waals surface area contributed by atoms with Crippen molar-refractivity contribution < 1.29 is 17.9 Å². The summed E-state index contributed by atoms with van der Waals surface area (Å²) < 4.78 is 31.6. The number of carbonyl (C=O) groups excluding carboxylic acids is 1. The second-order valence-corrected chi connectivity index (χ2v) is 8.10. The van der Waals surface area contributed by atoms with E-state index >= 15 is 0 Å². The molecule has 0 saturated carbocycles. The minimum absolute atomic E-state index is 0.0281. The van der Waals surface area contributed by atoms with Crippen molar-refractivity contribution in [2.75, 3.05) is 26.8 Å². The van der Waals surface area contributed by atoms with E-state index in [0.29, 0.717) is 18.7 Å². The van der Waals surface area contributed by atoms with Crippen LogP contribution in [0.2, 0.25) is 0 Å². The number of amides is 1. The topological polar surface area (TPSA) is 102 Å². The molecule has 2 atom stereocenters. The number of sulfonamides is 1. The van der Waals surface area contributed by atoms with E-state index < -0.39 is 10.0 Å². The average molecular weight is 369 g/mol. The molecule has 1 aromatic rings.